The Balaban J connectivity index is 4.23. The van der Waals surface area contributed by atoms with Crippen molar-refractivity contribution in [3.05, 3.63) is 0 Å². The molecular formula is C39H74O6. The minimum Gasteiger partial charge on any atom is -0.462 e. The van der Waals surface area contributed by atoms with Crippen LogP contribution in [0.5, 0.6) is 0 Å². The average Bonchev–Trinajstić information content (AvgIpc) is 3.01. The van der Waals surface area contributed by atoms with Crippen molar-refractivity contribution in [1.82, 2.24) is 0 Å². The first-order chi connectivity index (χ1) is 21.9. The smallest absolute Gasteiger partial charge is 0.306 e. The van der Waals surface area contributed by atoms with Crippen LogP contribution in [0, 0.1) is 5.92 Å². The summed E-state index contributed by atoms with van der Waals surface area (Å²) >= 11 is 0. The van der Waals surface area contributed by atoms with Gasteiger partial charge in [-0.15, -0.1) is 0 Å². The molecule has 0 aromatic rings. The van der Waals surface area contributed by atoms with Crippen LogP contribution in [0.15, 0.2) is 0 Å². The Morgan fingerprint density at radius 3 is 1.09 bits per heavy atom. The van der Waals surface area contributed by atoms with Crippen molar-refractivity contribution in [3.63, 3.8) is 0 Å². The first kappa shape index (κ1) is 43.4. The zero-order valence-corrected chi connectivity index (χ0v) is 30.3. The minimum atomic E-state index is -0.756. The van der Waals surface area contributed by atoms with Crippen molar-refractivity contribution in [2.24, 2.45) is 5.92 Å². The van der Waals surface area contributed by atoms with Crippen molar-refractivity contribution >= 4 is 17.9 Å². The van der Waals surface area contributed by atoms with E-state index in [1.165, 1.54) is 96.3 Å². The summed E-state index contributed by atoms with van der Waals surface area (Å²) < 4.78 is 16.5. The van der Waals surface area contributed by atoms with Gasteiger partial charge in [0.2, 0.25) is 0 Å². The van der Waals surface area contributed by atoms with E-state index >= 15 is 0 Å². The molecule has 6 heteroatoms. The van der Waals surface area contributed by atoms with Crippen molar-refractivity contribution < 1.29 is 28.6 Å². The Morgan fingerprint density at radius 1 is 0.422 bits per heavy atom. The second-order valence-electron chi connectivity index (χ2n) is 13.7. The van der Waals surface area contributed by atoms with E-state index in [0.717, 1.165) is 70.1 Å². The molecule has 0 fully saturated rings. The highest BCUT2D eigenvalue weighted by molar-refractivity contribution is 5.71. The first-order valence-electron chi connectivity index (χ1n) is 19.4. The molecule has 0 radical (unpaired) electrons. The molecule has 266 valence electrons. The van der Waals surface area contributed by atoms with Gasteiger partial charge < -0.3 is 14.2 Å². The van der Waals surface area contributed by atoms with E-state index in [1.807, 2.05) is 0 Å². The van der Waals surface area contributed by atoms with Gasteiger partial charge in [0.25, 0.3) is 0 Å². The van der Waals surface area contributed by atoms with Gasteiger partial charge in [0.15, 0.2) is 6.10 Å². The highest BCUT2D eigenvalue weighted by Gasteiger charge is 2.19. The van der Waals surface area contributed by atoms with Crippen LogP contribution in [0.25, 0.3) is 0 Å². The zero-order valence-electron chi connectivity index (χ0n) is 30.3. The first-order valence-corrected chi connectivity index (χ1v) is 19.4. The molecule has 0 amide bonds. The summed E-state index contributed by atoms with van der Waals surface area (Å²) in [4.78, 5) is 37.2. The van der Waals surface area contributed by atoms with Crippen LogP contribution in [-0.4, -0.2) is 37.2 Å². The van der Waals surface area contributed by atoms with Gasteiger partial charge in [-0.05, 0) is 25.2 Å². The molecule has 6 nitrogen and oxygen atoms in total. The zero-order chi connectivity index (χ0) is 33.2. The standard InChI is InChI=1S/C39H74O6/c1-5-7-9-11-12-13-14-15-16-19-23-26-30-37(40)43-33-36(45-39(42)32-28-21-10-8-6-2)34-44-38(41)31-27-24-20-17-18-22-25-29-35(3)4/h35-36H,5-34H2,1-4H3/t36-/m1/s1. The third-order valence-corrected chi connectivity index (χ3v) is 8.54. The van der Waals surface area contributed by atoms with Gasteiger partial charge >= 0.3 is 17.9 Å². The highest BCUT2D eigenvalue weighted by atomic mass is 16.6. The van der Waals surface area contributed by atoms with E-state index in [1.54, 1.807) is 0 Å². The lowest BCUT2D eigenvalue weighted by molar-refractivity contribution is -0.167. The van der Waals surface area contributed by atoms with Crippen LogP contribution < -0.4 is 0 Å². The van der Waals surface area contributed by atoms with Crippen LogP contribution >= 0.6 is 0 Å². The molecule has 0 saturated carbocycles. The minimum absolute atomic E-state index is 0.0667. The van der Waals surface area contributed by atoms with Crippen LogP contribution in [0.2, 0.25) is 0 Å². The fraction of sp³-hybridized carbons (Fsp3) is 0.923. The van der Waals surface area contributed by atoms with Crippen molar-refractivity contribution in [3.8, 4) is 0 Å². The fourth-order valence-corrected chi connectivity index (χ4v) is 5.57. The van der Waals surface area contributed by atoms with Crippen LogP contribution in [0.4, 0.5) is 0 Å². The van der Waals surface area contributed by atoms with Gasteiger partial charge in [-0.25, -0.2) is 0 Å². The molecule has 0 bridgehead atoms. The number of unbranched alkanes of at least 4 members (excludes halogenated alkanes) is 21. The van der Waals surface area contributed by atoms with Crippen LogP contribution in [-0.2, 0) is 28.6 Å². The van der Waals surface area contributed by atoms with E-state index in [2.05, 4.69) is 27.7 Å². The highest BCUT2D eigenvalue weighted by Crippen LogP contribution is 2.15. The Kier molecular flexibility index (Phi) is 32.6. The lowest BCUT2D eigenvalue weighted by Crippen LogP contribution is -2.30. The molecular weight excluding hydrogens is 564 g/mol. The molecule has 0 saturated heterocycles. The van der Waals surface area contributed by atoms with E-state index in [9.17, 15) is 14.4 Å². The van der Waals surface area contributed by atoms with Crippen molar-refractivity contribution in [1.29, 1.82) is 0 Å². The fourth-order valence-electron chi connectivity index (χ4n) is 5.57. The summed E-state index contributed by atoms with van der Waals surface area (Å²) in [5.41, 5.74) is 0. The van der Waals surface area contributed by atoms with E-state index in [0.29, 0.717) is 19.3 Å². The van der Waals surface area contributed by atoms with Gasteiger partial charge in [0.1, 0.15) is 13.2 Å². The molecule has 0 unspecified atom stereocenters. The summed E-state index contributed by atoms with van der Waals surface area (Å²) in [6.07, 6.45) is 29.8. The summed E-state index contributed by atoms with van der Waals surface area (Å²) in [6, 6.07) is 0. The third kappa shape index (κ3) is 33.6. The Hall–Kier alpha value is -1.59. The number of rotatable bonds is 34. The SMILES string of the molecule is CCCCCCCCCCCCCCC(=O)OC[C@H](COC(=O)CCCCCCCCCC(C)C)OC(=O)CCCCCCC. The Bertz CT molecular complexity index is 676. The third-order valence-electron chi connectivity index (χ3n) is 8.54. The molecule has 0 rings (SSSR count). The predicted octanol–water partition coefficient (Wildman–Crippen LogP) is 11.6. The summed E-state index contributed by atoms with van der Waals surface area (Å²) in [7, 11) is 0. The lowest BCUT2D eigenvalue weighted by atomic mass is 10.0. The molecule has 0 aliphatic heterocycles. The molecule has 0 aromatic carbocycles. The molecule has 0 aliphatic carbocycles. The van der Waals surface area contributed by atoms with Crippen LogP contribution in [0.1, 0.15) is 207 Å². The molecule has 0 spiro atoms. The second-order valence-corrected chi connectivity index (χ2v) is 13.7. The topological polar surface area (TPSA) is 78.9 Å². The normalized spacial score (nSPS) is 11.9. The molecule has 45 heavy (non-hydrogen) atoms. The molecule has 1 atom stereocenters. The maximum atomic E-state index is 12.4. The molecule has 0 N–H and O–H groups in total. The van der Waals surface area contributed by atoms with Gasteiger partial charge in [0, 0.05) is 19.3 Å². The number of hydrogen-bond acceptors (Lipinski definition) is 6. The van der Waals surface area contributed by atoms with E-state index < -0.39 is 6.10 Å². The van der Waals surface area contributed by atoms with Gasteiger partial charge in [-0.3, -0.25) is 14.4 Å². The molecule has 0 aromatic heterocycles. The molecule has 0 aliphatic rings. The van der Waals surface area contributed by atoms with Crippen molar-refractivity contribution in [2.75, 3.05) is 13.2 Å². The largest absolute Gasteiger partial charge is 0.462 e. The Labute approximate surface area is 278 Å². The van der Waals surface area contributed by atoms with Gasteiger partial charge in [0.05, 0.1) is 0 Å². The number of carbonyl (C=O) groups is 3. The number of hydrogen-bond donors (Lipinski definition) is 0. The number of ether oxygens (including phenoxy) is 3. The summed E-state index contributed by atoms with van der Waals surface area (Å²) in [5.74, 6) is -0.0997. The number of carbonyl (C=O) groups excluding carboxylic acids is 3. The maximum absolute atomic E-state index is 12.4. The van der Waals surface area contributed by atoms with Crippen molar-refractivity contribution in [2.45, 2.75) is 214 Å². The van der Waals surface area contributed by atoms with E-state index in [-0.39, 0.29) is 31.1 Å². The number of esters is 3. The quantitative estimate of drug-likeness (QED) is 0.0396. The lowest BCUT2D eigenvalue weighted by Gasteiger charge is -2.18. The van der Waals surface area contributed by atoms with Gasteiger partial charge in [-0.1, -0.05) is 169 Å². The Morgan fingerprint density at radius 2 is 0.733 bits per heavy atom. The monoisotopic (exact) mass is 639 g/mol. The summed E-state index contributed by atoms with van der Waals surface area (Å²) in [6.45, 7) is 8.83. The van der Waals surface area contributed by atoms with E-state index in [4.69, 9.17) is 14.2 Å². The predicted molar refractivity (Wildman–Crippen MR) is 187 cm³/mol. The summed E-state index contributed by atoms with van der Waals surface area (Å²) in [5, 5.41) is 0. The van der Waals surface area contributed by atoms with Gasteiger partial charge in [-0.2, -0.15) is 0 Å². The molecule has 0 heterocycles. The second kappa shape index (κ2) is 33.8. The average molecular weight is 639 g/mol. The van der Waals surface area contributed by atoms with Crippen LogP contribution in [0.3, 0.4) is 0 Å². The maximum Gasteiger partial charge on any atom is 0.306 e.